The number of thioether (sulfide) groups is 1. The molecule has 0 spiro atoms. The van der Waals surface area contributed by atoms with Crippen molar-refractivity contribution in [1.82, 2.24) is 4.98 Å². The van der Waals surface area contributed by atoms with E-state index in [0.29, 0.717) is 31.9 Å². The van der Waals surface area contributed by atoms with Gasteiger partial charge in [0.1, 0.15) is 23.4 Å². The topological polar surface area (TPSA) is 79.5 Å². The number of fused-ring (bicyclic) bond motifs is 2. The fraction of sp³-hybridized carbons (Fsp3) is 0.148. The molecule has 1 aromatic heterocycles. The van der Waals surface area contributed by atoms with Crippen LogP contribution in [0.1, 0.15) is 21.9 Å². The molecule has 2 aliphatic heterocycles. The number of carbonyl (C=O) groups is 2. The van der Waals surface area contributed by atoms with E-state index in [0.717, 1.165) is 26.3 Å². The van der Waals surface area contributed by atoms with Crippen LogP contribution in [0.5, 0.6) is 5.75 Å². The second-order valence-electron chi connectivity index (χ2n) is 8.84. The first kappa shape index (κ1) is 25.4. The maximum atomic E-state index is 13.9. The number of halogens is 3. The van der Waals surface area contributed by atoms with Gasteiger partial charge in [-0.05, 0) is 60.2 Å². The van der Waals surface area contributed by atoms with Crippen LogP contribution in [0.15, 0.2) is 81.0 Å². The van der Waals surface area contributed by atoms with Crippen molar-refractivity contribution in [3.63, 3.8) is 0 Å². The number of anilines is 1. The SMILES string of the molecule is O=C1C2Sc3[nH]c(=O)sc3[C@H](c3cc(Br)ccc3OCc3ccc(Cl)cc3)C2C(=O)N1c1ccc(F)cc1. The summed E-state index contributed by atoms with van der Waals surface area (Å²) in [6, 6.07) is 18.1. The summed E-state index contributed by atoms with van der Waals surface area (Å²) < 4.78 is 20.6. The summed E-state index contributed by atoms with van der Waals surface area (Å²) >= 11 is 11.7. The van der Waals surface area contributed by atoms with Gasteiger partial charge in [0.15, 0.2) is 0 Å². The standard InChI is InChI=1S/C27H17BrClFN2O4S2/c28-14-3-10-19(36-12-13-1-4-15(29)5-2-13)18(11-14)20-21-23(37-24-22(20)38-27(35)31-24)26(34)32(25(21)33)17-8-6-16(30)7-9-17/h1-11,20-21,23H,12H2,(H,31,35)/t20-,21?,23?/m1/s1. The van der Waals surface area contributed by atoms with E-state index >= 15 is 0 Å². The Hall–Kier alpha value is -2.92. The van der Waals surface area contributed by atoms with Gasteiger partial charge in [0.2, 0.25) is 11.8 Å². The van der Waals surface area contributed by atoms with E-state index in [2.05, 4.69) is 20.9 Å². The number of imide groups is 1. The summed E-state index contributed by atoms with van der Waals surface area (Å²) in [5.41, 5.74) is 1.89. The van der Waals surface area contributed by atoms with Crippen molar-refractivity contribution < 1.29 is 18.7 Å². The zero-order valence-corrected chi connectivity index (χ0v) is 23.3. The minimum atomic E-state index is -0.788. The number of H-pyrrole nitrogens is 1. The Balaban J connectivity index is 1.44. The Labute approximate surface area is 237 Å². The second kappa shape index (κ2) is 10.00. The lowest BCUT2D eigenvalue weighted by molar-refractivity contribution is -0.122. The predicted octanol–water partition coefficient (Wildman–Crippen LogP) is 6.37. The molecule has 2 amide bonds. The number of amides is 2. The van der Waals surface area contributed by atoms with Crippen LogP contribution in [0, 0.1) is 11.7 Å². The molecular weight excluding hydrogens is 615 g/mol. The van der Waals surface area contributed by atoms with Crippen LogP contribution in [0.2, 0.25) is 5.02 Å². The van der Waals surface area contributed by atoms with Crippen molar-refractivity contribution >= 4 is 68.1 Å². The van der Waals surface area contributed by atoms with E-state index in [9.17, 15) is 18.8 Å². The number of nitrogens with zero attached hydrogens (tertiary/aromatic N) is 1. The van der Waals surface area contributed by atoms with Crippen molar-refractivity contribution in [3.8, 4) is 5.75 Å². The van der Waals surface area contributed by atoms with Gasteiger partial charge in [-0.2, -0.15) is 0 Å². The van der Waals surface area contributed by atoms with Crippen molar-refractivity contribution in [2.24, 2.45) is 5.92 Å². The zero-order chi connectivity index (χ0) is 26.6. The minimum Gasteiger partial charge on any atom is -0.489 e. The molecule has 0 saturated carbocycles. The lowest BCUT2D eigenvalue weighted by atomic mass is 9.82. The van der Waals surface area contributed by atoms with Gasteiger partial charge in [-0.1, -0.05) is 62.8 Å². The molecule has 0 aliphatic carbocycles. The molecule has 1 saturated heterocycles. The Morgan fingerprint density at radius 1 is 1.00 bits per heavy atom. The highest BCUT2D eigenvalue weighted by molar-refractivity contribution is 9.10. The fourth-order valence-electron chi connectivity index (χ4n) is 4.83. The normalized spacial score (nSPS) is 20.4. The summed E-state index contributed by atoms with van der Waals surface area (Å²) in [5, 5.41) is 0.421. The average molecular weight is 632 g/mol. The third kappa shape index (κ3) is 4.49. The molecule has 6 rings (SSSR count). The van der Waals surface area contributed by atoms with E-state index in [-0.39, 0.29) is 11.5 Å². The lowest BCUT2D eigenvalue weighted by Gasteiger charge is -2.31. The van der Waals surface area contributed by atoms with Gasteiger partial charge < -0.3 is 9.72 Å². The number of carbonyl (C=O) groups excluding carboxylic acids is 2. The molecule has 0 radical (unpaired) electrons. The molecule has 6 nitrogen and oxygen atoms in total. The van der Waals surface area contributed by atoms with Crippen LogP contribution < -0.4 is 14.5 Å². The van der Waals surface area contributed by atoms with E-state index < -0.39 is 34.7 Å². The molecule has 192 valence electrons. The van der Waals surface area contributed by atoms with Crippen molar-refractivity contribution in [1.29, 1.82) is 0 Å². The third-order valence-corrected chi connectivity index (χ3v) is 9.67. The van der Waals surface area contributed by atoms with Crippen LogP contribution in [0.25, 0.3) is 0 Å². The average Bonchev–Trinajstić information content (AvgIpc) is 3.39. The first-order valence-corrected chi connectivity index (χ1v) is 14.4. The molecular formula is C27H17BrClFN2O4S2. The number of aromatic nitrogens is 1. The quantitative estimate of drug-likeness (QED) is 0.259. The first-order valence-electron chi connectivity index (χ1n) is 11.5. The molecule has 0 bridgehead atoms. The highest BCUT2D eigenvalue weighted by Crippen LogP contribution is 2.54. The van der Waals surface area contributed by atoms with Gasteiger partial charge in [-0.3, -0.25) is 14.4 Å². The van der Waals surface area contributed by atoms with Gasteiger partial charge in [0, 0.05) is 25.9 Å². The van der Waals surface area contributed by atoms with Crippen LogP contribution >= 0.6 is 50.6 Å². The van der Waals surface area contributed by atoms with Gasteiger partial charge in [0.25, 0.3) is 0 Å². The Morgan fingerprint density at radius 3 is 2.47 bits per heavy atom. The Morgan fingerprint density at radius 2 is 1.74 bits per heavy atom. The molecule has 3 aromatic carbocycles. The van der Waals surface area contributed by atoms with E-state index in [4.69, 9.17) is 16.3 Å². The molecule has 1 N–H and O–H groups in total. The summed E-state index contributed by atoms with van der Waals surface area (Å²) in [6.07, 6.45) is 0. The monoisotopic (exact) mass is 630 g/mol. The summed E-state index contributed by atoms with van der Waals surface area (Å²) in [4.78, 5) is 44.2. The molecule has 4 aromatic rings. The van der Waals surface area contributed by atoms with Gasteiger partial charge in [0.05, 0.1) is 16.6 Å². The van der Waals surface area contributed by atoms with Crippen molar-refractivity contribution in [2.45, 2.75) is 22.8 Å². The first-order chi connectivity index (χ1) is 18.3. The maximum Gasteiger partial charge on any atom is 0.305 e. The second-order valence-corrected chi connectivity index (χ2v) is 12.4. The van der Waals surface area contributed by atoms with Crippen LogP contribution in [-0.2, 0) is 16.2 Å². The lowest BCUT2D eigenvalue weighted by Crippen LogP contribution is -2.32. The predicted molar refractivity (Wildman–Crippen MR) is 149 cm³/mol. The smallest absolute Gasteiger partial charge is 0.305 e. The molecule has 2 unspecified atom stereocenters. The highest BCUT2D eigenvalue weighted by Gasteiger charge is 2.56. The number of benzene rings is 3. The Kier molecular flexibility index (Phi) is 6.67. The maximum absolute atomic E-state index is 13.9. The summed E-state index contributed by atoms with van der Waals surface area (Å²) in [6.45, 7) is 0.256. The van der Waals surface area contributed by atoms with Crippen LogP contribution in [0.3, 0.4) is 0 Å². The van der Waals surface area contributed by atoms with Crippen molar-refractivity contribution in [2.75, 3.05) is 4.90 Å². The molecule has 2 aliphatic rings. The zero-order valence-electron chi connectivity index (χ0n) is 19.3. The number of rotatable bonds is 5. The number of nitrogens with one attached hydrogen (secondary N) is 1. The number of hydrogen-bond donors (Lipinski definition) is 1. The molecule has 3 heterocycles. The van der Waals surface area contributed by atoms with Crippen LogP contribution in [0.4, 0.5) is 10.1 Å². The van der Waals surface area contributed by atoms with Gasteiger partial charge in [-0.15, -0.1) is 0 Å². The Bertz CT molecular complexity index is 1620. The van der Waals surface area contributed by atoms with E-state index in [1.165, 1.54) is 36.0 Å². The van der Waals surface area contributed by atoms with Gasteiger partial charge >= 0.3 is 4.87 Å². The molecule has 1 fully saturated rings. The molecule has 38 heavy (non-hydrogen) atoms. The largest absolute Gasteiger partial charge is 0.489 e. The van der Waals surface area contributed by atoms with Gasteiger partial charge in [-0.25, -0.2) is 9.29 Å². The van der Waals surface area contributed by atoms with E-state index in [1.54, 1.807) is 18.2 Å². The molecule has 11 heteroatoms. The van der Waals surface area contributed by atoms with E-state index in [1.807, 2.05) is 24.3 Å². The number of aromatic amines is 1. The van der Waals surface area contributed by atoms with Crippen LogP contribution in [-0.4, -0.2) is 22.0 Å². The highest BCUT2D eigenvalue weighted by atomic mass is 79.9. The molecule has 3 atom stereocenters. The minimum absolute atomic E-state index is 0.256. The number of thiazole rings is 1. The summed E-state index contributed by atoms with van der Waals surface area (Å²) in [7, 11) is 0. The number of ether oxygens (including phenoxy) is 1. The third-order valence-electron chi connectivity index (χ3n) is 6.52. The fourth-order valence-corrected chi connectivity index (χ4v) is 7.84. The summed E-state index contributed by atoms with van der Waals surface area (Å²) in [5.74, 6) is -2.14. The number of hydrogen-bond acceptors (Lipinski definition) is 6. The van der Waals surface area contributed by atoms with Crippen molar-refractivity contribution in [3.05, 3.63) is 108 Å².